The number of benzene rings is 4. The van der Waals surface area contributed by atoms with Crippen LogP contribution in [-0.4, -0.2) is 26.8 Å². The average Bonchev–Trinajstić information content (AvgIpc) is 3.14. The lowest BCUT2D eigenvalue weighted by atomic mass is 9.80. The molecule has 4 aromatic rings. The maximum absolute atomic E-state index is 13.7. The van der Waals surface area contributed by atoms with E-state index in [1.165, 1.54) is 0 Å². The summed E-state index contributed by atoms with van der Waals surface area (Å²) < 4.78 is 89.4. The number of halogens is 5. The molecule has 0 radical (unpaired) electrons. The fourth-order valence-electron chi connectivity index (χ4n) is 5.75. The van der Waals surface area contributed by atoms with Crippen molar-refractivity contribution < 1.29 is 45.7 Å². The van der Waals surface area contributed by atoms with Gasteiger partial charge in [0.25, 0.3) is 0 Å². The van der Waals surface area contributed by atoms with Crippen LogP contribution in [0.15, 0.2) is 78.9 Å². The van der Waals surface area contributed by atoms with Crippen molar-refractivity contribution in [2.75, 3.05) is 20.8 Å². The molecule has 0 aromatic heterocycles. The van der Waals surface area contributed by atoms with Gasteiger partial charge in [0.2, 0.25) is 34.8 Å². The highest BCUT2D eigenvalue weighted by molar-refractivity contribution is 5.72. The van der Waals surface area contributed by atoms with Crippen molar-refractivity contribution in [3.05, 3.63) is 125 Å². The summed E-state index contributed by atoms with van der Waals surface area (Å²) in [5.74, 6) is -12.1. The minimum Gasteiger partial charge on any atom is -0.497 e. The van der Waals surface area contributed by atoms with Crippen molar-refractivity contribution in [3.63, 3.8) is 0 Å². The van der Waals surface area contributed by atoms with Crippen molar-refractivity contribution >= 4 is 5.97 Å². The lowest BCUT2D eigenvalue weighted by molar-refractivity contribution is -0.135. The van der Waals surface area contributed by atoms with Gasteiger partial charge in [0.05, 0.1) is 14.2 Å². The number of ether oxygens (including phenoxy) is 4. The number of carbonyl (C=O) groups is 1. The van der Waals surface area contributed by atoms with Gasteiger partial charge < -0.3 is 18.9 Å². The summed E-state index contributed by atoms with van der Waals surface area (Å²) in [5.41, 5.74) is 2.13. The van der Waals surface area contributed by atoms with Crippen molar-refractivity contribution in [3.8, 4) is 17.2 Å². The van der Waals surface area contributed by atoms with E-state index >= 15 is 0 Å². The van der Waals surface area contributed by atoms with Gasteiger partial charge in [-0.2, -0.15) is 8.78 Å². The molecule has 0 saturated heterocycles. The molecule has 0 aliphatic heterocycles. The van der Waals surface area contributed by atoms with Crippen molar-refractivity contribution in [1.29, 1.82) is 0 Å². The van der Waals surface area contributed by atoms with Gasteiger partial charge >= 0.3 is 5.97 Å². The molecule has 10 heteroatoms. The highest BCUT2D eigenvalue weighted by Crippen LogP contribution is 2.42. The third-order valence-corrected chi connectivity index (χ3v) is 8.40. The Hall–Kier alpha value is -4.44. The van der Waals surface area contributed by atoms with Gasteiger partial charge in [-0.05, 0) is 53.8 Å². The Morgan fingerprint density at radius 1 is 0.531 bits per heavy atom. The molecular weight excluding hydrogens is 643 g/mol. The zero-order valence-corrected chi connectivity index (χ0v) is 27.7. The first-order valence-electron chi connectivity index (χ1n) is 16.4. The van der Waals surface area contributed by atoms with Crippen LogP contribution in [0.3, 0.4) is 0 Å². The summed E-state index contributed by atoms with van der Waals surface area (Å²) in [6, 6.07) is 26.0. The fraction of sp³-hybridized carbons (Fsp3) is 0.359. The van der Waals surface area contributed by atoms with Crippen molar-refractivity contribution in [2.24, 2.45) is 0 Å². The highest BCUT2D eigenvalue weighted by atomic mass is 19.2. The van der Waals surface area contributed by atoms with Gasteiger partial charge in [-0.15, -0.1) is 0 Å². The van der Waals surface area contributed by atoms with Crippen LogP contribution in [0.4, 0.5) is 22.0 Å². The van der Waals surface area contributed by atoms with Crippen LogP contribution in [0.2, 0.25) is 0 Å². The van der Waals surface area contributed by atoms with Crippen LogP contribution in [-0.2, 0) is 15.1 Å². The molecule has 0 atom stereocenters. The Morgan fingerprint density at radius 3 is 1.41 bits per heavy atom. The second kappa shape index (κ2) is 18.4. The summed E-state index contributed by atoms with van der Waals surface area (Å²) in [4.78, 5) is 11.9. The zero-order chi connectivity index (χ0) is 35.2. The maximum atomic E-state index is 13.7. The largest absolute Gasteiger partial charge is 0.497 e. The van der Waals surface area contributed by atoms with Crippen LogP contribution in [0.5, 0.6) is 17.2 Å². The Balaban J connectivity index is 1.22. The molecule has 262 valence electrons. The van der Waals surface area contributed by atoms with E-state index in [1.54, 1.807) is 14.2 Å². The molecule has 0 fully saturated rings. The SMILES string of the molecule is COc1ccc(C(OCCCCCCCCCCCC(=O)Oc2c(F)c(F)c(F)c(F)c2F)(c2ccccc2)c2ccc(OC)cc2)cc1. The fourth-order valence-corrected chi connectivity index (χ4v) is 5.75. The van der Waals surface area contributed by atoms with Crippen LogP contribution < -0.4 is 14.2 Å². The monoisotopic (exact) mass is 684 g/mol. The van der Waals surface area contributed by atoms with Crippen molar-refractivity contribution in [1.82, 2.24) is 0 Å². The molecule has 0 aliphatic carbocycles. The summed E-state index contributed by atoms with van der Waals surface area (Å²) in [6.45, 7) is 0.536. The summed E-state index contributed by atoms with van der Waals surface area (Å²) in [7, 11) is 3.28. The van der Waals surface area contributed by atoms with Gasteiger partial charge in [0.1, 0.15) is 17.1 Å². The van der Waals surface area contributed by atoms with E-state index in [0.29, 0.717) is 19.4 Å². The second-order valence-electron chi connectivity index (χ2n) is 11.7. The molecule has 49 heavy (non-hydrogen) atoms. The Bertz CT molecular complexity index is 1550. The van der Waals surface area contributed by atoms with Crippen molar-refractivity contribution in [2.45, 2.75) is 69.8 Å². The van der Waals surface area contributed by atoms with E-state index in [1.807, 2.05) is 66.7 Å². The number of methoxy groups -OCH3 is 2. The normalized spacial score (nSPS) is 11.4. The van der Waals surface area contributed by atoms with Crippen LogP contribution in [0.25, 0.3) is 0 Å². The van der Waals surface area contributed by atoms with Gasteiger partial charge in [-0.25, -0.2) is 13.2 Å². The Labute approximate surface area is 284 Å². The van der Waals surface area contributed by atoms with Gasteiger partial charge in [0.15, 0.2) is 0 Å². The van der Waals surface area contributed by atoms with E-state index in [4.69, 9.17) is 14.2 Å². The molecule has 5 nitrogen and oxygen atoms in total. The first-order chi connectivity index (χ1) is 23.7. The number of rotatable bonds is 19. The third-order valence-electron chi connectivity index (χ3n) is 8.40. The lowest BCUT2D eigenvalue weighted by Gasteiger charge is -2.36. The smallest absolute Gasteiger partial charge is 0.311 e. The van der Waals surface area contributed by atoms with E-state index in [-0.39, 0.29) is 6.42 Å². The minimum atomic E-state index is -2.30. The second-order valence-corrected chi connectivity index (χ2v) is 11.7. The third kappa shape index (κ3) is 9.38. The van der Waals surface area contributed by atoms with Gasteiger partial charge in [-0.3, -0.25) is 4.79 Å². The molecule has 0 unspecified atom stereocenters. The molecule has 0 heterocycles. The van der Waals surface area contributed by atoms with E-state index in [2.05, 4.69) is 16.9 Å². The van der Waals surface area contributed by atoms with Gasteiger partial charge in [-0.1, -0.05) is 99.5 Å². The van der Waals surface area contributed by atoms with Crippen LogP contribution in [0.1, 0.15) is 80.9 Å². The predicted molar refractivity (Wildman–Crippen MR) is 176 cm³/mol. The molecular formula is C39H41F5O5. The first kappa shape index (κ1) is 37.4. The number of unbranched alkanes of at least 4 members (excludes halogenated alkanes) is 8. The summed E-state index contributed by atoms with van der Waals surface area (Å²) in [5, 5.41) is 0. The zero-order valence-electron chi connectivity index (χ0n) is 27.7. The standard InChI is InChI=1S/C39H41F5O5/c1-46-30-22-18-28(19-23-30)39(27-15-11-10-12-16-27,29-20-24-31(47-2)25-21-29)48-26-14-9-7-5-3-4-6-8-13-17-32(45)49-38-36(43)34(41)33(40)35(42)37(38)44/h10-12,15-16,18-25H,3-9,13-14,17,26H2,1-2H3. The Kier molecular flexibility index (Phi) is 14.0. The minimum absolute atomic E-state index is 0.197. The van der Waals surface area contributed by atoms with Crippen LogP contribution in [0, 0.1) is 29.1 Å². The molecule has 0 saturated carbocycles. The van der Waals surface area contributed by atoms with Gasteiger partial charge in [0, 0.05) is 13.0 Å². The predicted octanol–water partition coefficient (Wildman–Crippen LogP) is 10.2. The number of carbonyl (C=O) groups excluding carboxylic acids is 1. The number of esters is 1. The van der Waals surface area contributed by atoms with E-state index in [0.717, 1.165) is 73.1 Å². The van der Waals surface area contributed by atoms with E-state index in [9.17, 15) is 26.7 Å². The number of hydrogen-bond donors (Lipinski definition) is 0. The Morgan fingerprint density at radius 2 is 0.939 bits per heavy atom. The van der Waals surface area contributed by atoms with Crippen LogP contribution >= 0.6 is 0 Å². The number of hydrogen-bond acceptors (Lipinski definition) is 5. The molecule has 0 N–H and O–H groups in total. The molecule has 0 spiro atoms. The van der Waals surface area contributed by atoms with E-state index < -0.39 is 46.4 Å². The lowest BCUT2D eigenvalue weighted by Crippen LogP contribution is -2.33. The molecule has 0 aliphatic rings. The quantitative estimate of drug-likeness (QED) is 0.0187. The topological polar surface area (TPSA) is 54.0 Å². The average molecular weight is 685 g/mol. The molecule has 0 amide bonds. The summed E-state index contributed by atoms with van der Waals surface area (Å²) >= 11 is 0. The maximum Gasteiger partial charge on any atom is 0.311 e. The molecule has 4 aromatic carbocycles. The molecule has 4 rings (SSSR count). The summed E-state index contributed by atoms with van der Waals surface area (Å²) in [6.07, 6.45) is 7.53. The first-order valence-corrected chi connectivity index (χ1v) is 16.4. The molecule has 0 bridgehead atoms. The highest BCUT2D eigenvalue weighted by Gasteiger charge is 2.37.